The van der Waals surface area contributed by atoms with Crippen LogP contribution < -0.4 is 9.47 Å². The highest BCUT2D eigenvalue weighted by Crippen LogP contribution is 2.21. The van der Waals surface area contributed by atoms with E-state index in [2.05, 4.69) is 0 Å². The molecule has 2 aromatic carbocycles. The first-order chi connectivity index (χ1) is 10.1. The summed E-state index contributed by atoms with van der Waals surface area (Å²) in [6.45, 7) is 3.50. The molecule has 0 unspecified atom stereocenters. The Morgan fingerprint density at radius 2 is 1.48 bits per heavy atom. The minimum absolute atomic E-state index is 0.222. The Labute approximate surface area is 123 Å². The largest absolute Gasteiger partial charge is 0.426 e. The van der Waals surface area contributed by atoms with Crippen LogP contribution in [-0.2, 0) is 4.79 Å². The van der Waals surface area contributed by atoms with Crippen molar-refractivity contribution in [3.63, 3.8) is 0 Å². The molecule has 0 atom stereocenters. The molecule has 0 aliphatic rings. The van der Waals surface area contributed by atoms with Crippen LogP contribution in [0.15, 0.2) is 54.6 Å². The number of hydrogen-bond donors (Lipinski definition) is 0. The van der Waals surface area contributed by atoms with E-state index >= 15 is 0 Å². The van der Waals surface area contributed by atoms with Crippen LogP contribution in [-0.4, -0.2) is 11.9 Å². The van der Waals surface area contributed by atoms with Crippen molar-refractivity contribution in [1.29, 1.82) is 0 Å². The number of carbonyl (C=O) groups is 2. The molecular formula is C17H16O4. The summed E-state index contributed by atoms with van der Waals surface area (Å²) in [6, 6.07) is 15.1. The highest BCUT2D eigenvalue weighted by molar-refractivity contribution is 5.91. The molecule has 108 valence electrons. The molecule has 0 aliphatic heterocycles. The number of benzene rings is 2. The third-order valence-electron chi connectivity index (χ3n) is 2.72. The van der Waals surface area contributed by atoms with Gasteiger partial charge in [-0.15, -0.1) is 0 Å². The van der Waals surface area contributed by atoms with Crippen LogP contribution in [0.4, 0.5) is 0 Å². The van der Waals surface area contributed by atoms with Crippen LogP contribution in [0.2, 0.25) is 0 Å². The number of carbonyl (C=O) groups excluding carboxylic acids is 2. The Hall–Kier alpha value is -2.62. The van der Waals surface area contributed by atoms with Gasteiger partial charge in [0.05, 0.1) is 11.5 Å². The van der Waals surface area contributed by atoms with Gasteiger partial charge in [0.2, 0.25) is 0 Å². The molecule has 0 spiro atoms. The Bertz CT molecular complexity index is 632. The first kappa shape index (κ1) is 14.8. The van der Waals surface area contributed by atoms with E-state index in [1.54, 1.807) is 56.3 Å². The minimum Gasteiger partial charge on any atom is -0.426 e. The lowest BCUT2D eigenvalue weighted by Crippen LogP contribution is -2.15. The molecule has 0 fully saturated rings. The van der Waals surface area contributed by atoms with Crippen molar-refractivity contribution >= 4 is 11.9 Å². The van der Waals surface area contributed by atoms with Gasteiger partial charge in [0, 0.05) is 6.07 Å². The predicted octanol–water partition coefficient (Wildman–Crippen LogP) is 3.47. The number of ether oxygens (including phenoxy) is 2. The molecule has 0 aliphatic carbocycles. The van der Waals surface area contributed by atoms with Crippen molar-refractivity contribution in [2.75, 3.05) is 0 Å². The predicted molar refractivity (Wildman–Crippen MR) is 78.3 cm³/mol. The highest BCUT2D eigenvalue weighted by atomic mass is 16.5. The summed E-state index contributed by atoms with van der Waals surface area (Å²) in [6.07, 6.45) is 0. The van der Waals surface area contributed by atoms with Crippen molar-refractivity contribution in [3.8, 4) is 11.5 Å². The molecule has 0 N–H and O–H groups in total. The maximum absolute atomic E-state index is 11.9. The summed E-state index contributed by atoms with van der Waals surface area (Å²) < 4.78 is 10.4. The van der Waals surface area contributed by atoms with Gasteiger partial charge in [-0.2, -0.15) is 0 Å². The van der Waals surface area contributed by atoms with Crippen LogP contribution in [0, 0.1) is 5.92 Å². The zero-order chi connectivity index (χ0) is 15.2. The van der Waals surface area contributed by atoms with Gasteiger partial charge >= 0.3 is 11.9 Å². The number of hydrogen-bond acceptors (Lipinski definition) is 4. The SMILES string of the molecule is CC(C)C(=O)Oc1cccc(OC(=O)c2ccccc2)c1. The van der Waals surface area contributed by atoms with Gasteiger partial charge in [-0.3, -0.25) is 4.79 Å². The first-order valence-electron chi connectivity index (χ1n) is 6.65. The lowest BCUT2D eigenvalue weighted by atomic mass is 10.2. The molecule has 0 radical (unpaired) electrons. The quantitative estimate of drug-likeness (QED) is 0.637. The maximum atomic E-state index is 11.9. The smallest absolute Gasteiger partial charge is 0.343 e. The molecule has 2 aromatic rings. The molecular weight excluding hydrogens is 268 g/mol. The van der Waals surface area contributed by atoms with Gasteiger partial charge in [0.15, 0.2) is 0 Å². The van der Waals surface area contributed by atoms with E-state index in [0.29, 0.717) is 17.1 Å². The third kappa shape index (κ3) is 4.18. The molecule has 2 rings (SSSR count). The number of esters is 2. The Morgan fingerprint density at radius 3 is 2.10 bits per heavy atom. The lowest BCUT2D eigenvalue weighted by molar-refractivity contribution is -0.137. The molecule has 0 aromatic heterocycles. The van der Waals surface area contributed by atoms with Crippen LogP contribution >= 0.6 is 0 Å². The molecule has 0 saturated heterocycles. The van der Waals surface area contributed by atoms with Crippen molar-refractivity contribution in [2.45, 2.75) is 13.8 Å². The summed E-state index contributed by atoms with van der Waals surface area (Å²) >= 11 is 0. The van der Waals surface area contributed by atoms with Crippen LogP contribution in [0.5, 0.6) is 11.5 Å². The molecule has 0 saturated carbocycles. The van der Waals surface area contributed by atoms with Crippen LogP contribution in [0.1, 0.15) is 24.2 Å². The fourth-order valence-electron chi connectivity index (χ4n) is 1.58. The van der Waals surface area contributed by atoms with E-state index in [1.165, 1.54) is 6.07 Å². The fraction of sp³-hybridized carbons (Fsp3) is 0.176. The topological polar surface area (TPSA) is 52.6 Å². The van der Waals surface area contributed by atoms with E-state index < -0.39 is 5.97 Å². The first-order valence-corrected chi connectivity index (χ1v) is 6.65. The van der Waals surface area contributed by atoms with Crippen molar-refractivity contribution in [3.05, 3.63) is 60.2 Å². The van der Waals surface area contributed by atoms with Crippen LogP contribution in [0.3, 0.4) is 0 Å². The summed E-state index contributed by atoms with van der Waals surface area (Å²) in [5.41, 5.74) is 0.460. The average molecular weight is 284 g/mol. The summed E-state index contributed by atoms with van der Waals surface area (Å²) in [5, 5.41) is 0. The summed E-state index contributed by atoms with van der Waals surface area (Å²) in [4.78, 5) is 23.5. The molecule has 21 heavy (non-hydrogen) atoms. The van der Waals surface area contributed by atoms with E-state index in [9.17, 15) is 9.59 Å². The maximum Gasteiger partial charge on any atom is 0.343 e. The van der Waals surface area contributed by atoms with Gasteiger partial charge in [-0.25, -0.2) is 4.79 Å². The van der Waals surface area contributed by atoms with E-state index in [4.69, 9.17) is 9.47 Å². The lowest BCUT2D eigenvalue weighted by Gasteiger charge is -2.08. The highest BCUT2D eigenvalue weighted by Gasteiger charge is 2.12. The average Bonchev–Trinajstić information content (AvgIpc) is 2.48. The Balaban J connectivity index is 2.08. The standard InChI is InChI=1S/C17H16O4/c1-12(2)16(18)20-14-9-6-10-15(11-14)21-17(19)13-7-4-3-5-8-13/h3-12H,1-2H3. The normalized spacial score (nSPS) is 10.2. The van der Waals surface area contributed by atoms with Gasteiger partial charge in [0.1, 0.15) is 11.5 Å². The zero-order valence-corrected chi connectivity index (χ0v) is 11.9. The second-order valence-electron chi connectivity index (χ2n) is 4.81. The zero-order valence-electron chi connectivity index (χ0n) is 11.9. The van der Waals surface area contributed by atoms with Crippen molar-refractivity contribution in [1.82, 2.24) is 0 Å². The molecule has 0 amide bonds. The van der Waals surface area contributed by atoms with Crippen molar-refractivity contribution in [2.24, 2.45) is 5.92 Å². The van der Waals surface area contributed by atoms with E-state index in [-0.39, 0.29) is 11.9 Å². The van der Waals surface area contributed by atoms with Gasteiger partial charge in [0.25, 0.3) is 0 Å². The van der Waals surface area contributed by atoms with Gasteiger partial charge in [-0.1, -0.05) is 38.1 Å². The van der Waals surface area contributed by atoms with Crippen molar-refractivity contribution < 1.29 is 19.1 Å². The fourth-order valence-corrected chi connectivity index (χ4v) is 1.58. The van der Waals surface area contributed by atoms with Gasteiger partial charge < -0.3 is 9.47 Å². The monoisotopic (exact) mass is 284 g/mol. The third-order valence-corrected chi connectivity index (χ3v) is 2.72. The summed E-state index contributed by atoms with van der Waals surface area (Å²) in [7, 11) is 0. The second kappa shape index (κ2) is 6.70. The van der Waals surface area contributed by atoms with Crippen LogP contribution in [0.25, 0.3) is 0 Å². The Kier molecular flexibility index (Phi) is 4.72. The molecule has 4 heteroatoms. The van der Waals surface area contributed by atoms with E-state index in [1.807, 2.05) is 6.07 Å². The van der Waals surface area contributed by atoms with Gasteiger partial charge in [-0.05, 0) is 24.3 Å². The number of rotatable bonds is 4. The second-order valence-corrected chi connectivity index (χ2v) is 4.81. The minimum atomic E-state index is -0.456. The molecule has 0 bridgehead atoms. The summed E-state index contributed by atoms with van der Waals surface area (Å²) in [5.74, 6) is -0.324. The van der Waals surface area contributed by atoms with E-state index in [0.717, 1.165) is 0 Å². The Morgan fingerprint density at radius 1 is 0.857 bits per heavy atom. The molecule has 0 heterocycles. The molecule has 4 nitrogen and oxygen atoms in total.